The minimum atomic E-state index is -0.136. The molecule has 0 aliphatic carbocycles. The lowest BCUT2D eigenvalue weighted by Crippen LogP contribution is -2.12. The van der Waals surface area contributed by atoms with E-state index in [1.165, 1.54) is 0 Å². The lowest BCUT2D eigenvalue weighted by Gasteiger charge is -2.10. The summed E-state index contributed by atoms with van der Waals surface area (Å²) >= 11 is 3.35. The summed E-state index contributed by atoms with van der Waals surface area (Å²) in [5.74, 6) is 1.09. The van der Waals surface area contributed by atoms with Crippen LogP contribution < -0.4 is 10.1 Å². The van der Waals surface area contributed by atoms with Crippen LogP contribution in [0.4, 0.5) is 5.69 Å². The van der Waals surface area contributed by atoms with E-state index < -0.39 is 0 Å². The van der Waals surface area contributed by atoms with Gasteiger partial charge in [0.25, 0.3) is 5.91 Å². The molecule has 0 unspecified atom stereocenters. The van der Waals surface area contributed by atoms with E-state index in [4.69, 9.17) is 4.74 Å². The van der Waals surface area contributed by atoms with Crippen molar-refractivity contribution in [3.05, 3.63) is 58.6 Å². The molecule has 0 radical (unpaired) electrons. The first-order chi connectivity index (χ1) is 10.0. The van der Waals surface area contributed by atoms with Crippen molar-refractivity contribution < 1.29 is 9.53 Å². The molecule has 110 valence electrons. The maximum absolute atomic E-state index is 12.1. The van der Waals surface area contributed by atoms with E-state index in [1.807, 2.05) is 36.4 Å². The molecule has 0 saturated heterocycles. The molecule has 0 fully saturated rings. The minimum absolute atomic E-state index is 0.136. The number of hydrogen-bond acceptors (Lipinski definition) is 2. The monoisotopic (exact) mass is 347 g/mol. The van der Waals surface area contributed by atoms with Gasteiger partial charge in [-0.1, -0.05) is 35.8 Å². The summed E-state index contributed by atoms with van der Waals surface area (Å²) in [6.45, 7) is 4.85. The van der Waals surface area contributed by atoms with E-state index in [-0.39, 0.29) is 5.91 Å². The molecule has 0 bridgehead atoms. The van der Waals surface area contributed by atoms with Crippen LogP contribution in [0, 0.1) is 5.92 Å². The first-order valence-corrected chi connectivity index (χ1v) is 7.63. The number of carbonyl (C=O) groups excluding carboxylic acids is 1. The Morgan fingerprint density at radius 3 is 2.57 bits per heavy atom. The highest BCUT2D eigenvalue weighted by Crippen LogP contribution is 2.19. The highest BCUT2D eigenvalue weighted by molar-refractivity contribution is 9.10. The molecule has 1 amide bonds. The molecule has 4 heteroatoms. The zero-order valence-corrected chi connectivity index (χ0v) is 13.7. The van der Waals surface area contributed by atoms with Crippen LogP contribution in [-0.4, -0.2) is 12.5 Å². The molecular weight excluding hydrogens is 330 g/mol. The molecule has 2 aromatic carbocycles. The highest BCUT2D eigenvalue weighted by Gasteiger charge is 2.06. The third kappa shape index (κ3) is 4.90. The topological polar surface area (TPSA) is 38.3 Å². The summed E-state index contributed by atoms with van der Waals surface area (Å²) < 4.78 is 6.60. The number of ether oxygens (including phenoxy) is 1. The van der Waals surface area contributed by atoms with Crippen molar-refractivity contribution in [2.75, 3.05) is 11.9 Å². The maximum atomic E-state index is 12.1. The highest BCUT2D eigenvalue weighted by atomic mass is 79.9. The van der Waals surface area contributed by atoms with Crippen molar-refractivity contribution in [2.24, 2.45) is 5.92 Å². The van der Waals surface area contributed by atoms with Crippen LogP contribution in [0.2, 0.25) is 0 Å². The Balaban J connectivity index is 2.03. The predicted octanol–water partition coefficient (Wildman–Crippen LogP) is 4.74. The van der Waals surface area contributed by atoms with Gasteiger partial charge >= 0.3 is 0 Å². The summed E-state index contributed by atoms with van der Waals surface area (Å²) in [7, 11) is 0. The van der Waals surface area contributed by atoms with Crippen LogP contribution in [0.1, 0.15) is 24.2 Å². The zero-order valence-electron chi connectivity index (χ0n) is 12.1. The van der Waals surface area contributed by atoms with E-state index in [1.54, 1.807) is 12.1 Å². The van der Waals surface area contributed by atoms with Gasteiger partial charge in [0.15, 0.2) is 0 Å². The minimum Gasteiger partial charge on any atom is -0.493 e. The molecular formula is C17H18BrNO2. The smallest absolute Gasteiger partial charge is 0.255 e. The molecule has 1 N–H and O–H groups in total. The first-order valence-electron chi connectivity index (χ1n) is 6.84. The molecule has 2 aromatic rings. The second-order valence-electron chi connectivity index (χ2n) is 5.19. The lowest BCUT2D eigenvalue weighted by molar-refractivity contribution is 0.102. The first kappa shape index (κ1) is 15.6. The van der Waals surface area contributed by atoms with Crippen LogP contribution in [0.25, 0.3) is 0 Å². The molecule has 0 spiro atoms. The van der Waals surface area contributed by atoms with Gasteiger partial charge in [-0.05, 0) is 42.3 Å². The van der Waals surface area contributed by atoms with Crippen LogP contribution >= 0.6 is 15.9 Å². The summed E-state index contributed by atoms with van der Waals surface area (Å²) in [5, 5.41) is 2.87. The Morgan fingerprint density at radius 2 is 1.90 bits per heavy atom. The van der Waals surface area contributed by atoms with Crippen LogP contribution in [0.3, 0.4) is 0 Å². The number of nitrogens with one attached hydrogen (secondary N) is 1. The fourth-order valence-electron chi connectivity index (χ4n) is 1.73. The van der Waals surface area contributed by atoms with Crippen LogP contribution in [0.15, 0.2) is 53.0 Å². The van der Waals surface area contributed by atoms with Gasteiger partial charge in [-0.3, -0.25) is 4.79 Å². The van der Waals surface area contributed by atoms with Crippen molar-refractivity contribution in [1.29, 1.82) is 0 Å². The van der Waals surface area contributed by atoms with E-state index >= 15 is 0 Å². The van der Waals surface area contributed by atoms with Gasteiger partial charge in [0.1, 0.15) is 5.75 Å². The van der Waals surface area contributed by atoms with Crippen molar-refractivity contribution in [3.8, 4) is 5.75 Å². The molecule has 0 aliphatic heterocycles. The van der Waals surface area contributed by atoms with Crippen molar-refractivity contribution in [1.82, 2.24) is 0 Å². The summed E-state index contributed by atoms with van der Waals surface area (Å²) in [5.41, 5.74) is 1.34. The molecule has 3 nitrogen and oxygen atoms in total. The number of carbonyl (C=O) groups is 1. The molecule has 0 aromatic heterocycles. The maximum Gasteiger partial charge on any atom is 0.255 e. The van der Waals surface area contributed by atoms with Gasteiger partial charge in [0, 0.05) is 21.8 Å². The second kappa shape index (κ2) is 7.27. The van der Waals surface area contributed by atoms with Gasteiger partial charge in [-0.2, -0.15) is 0 Å². The Morgan fingerprint density at radius 1 is 1.19 bits per heavy atom. The Hall–Kier alpha value is -1.81. The SMILES string of the molecule is CC(C)COc1cccc(NC(=O)c2ccc(Br)cc2)c1. The van der Waals surface area contributed by atoms with Gasteiger partial charge < -0.3 is 10.1 Å². The molecule has 0 heterocycles. The average molecular weight is 348 g/mol. The van der Waals surface area contributed by atoms with Gasteiger partial charge in [0.05, 0.1) is 6.61 Å². The van der Waals surface area contributed by atoms with Crippen LogP contribution in [0.5, 0.6) is 5.75 Å². The second-order valence-corrected chi connectivity index (χ2v) is 6.11. The molecule has 0 aliphatic rings. The average Bonchev–Trinajstić information content (AvgIpc) is 2.46. The molecule has 0 atom stereocenters. The number of hydrogen-bond donors (Lipinski definition) is 1. The summed E-state index contributed by atoms with van der Waals surface area (Å²) in [4.78, 5) is 12.1. The van der Waals surface area contributed by atoms with Crippen LogP contribution in [-0.2, 0) is 0 Å². The number of halogens is 1. The van der Waals surface area contributed by atoms with Gasteiger partial charge in [-0.15, -0.1) is 0 Å². The van der Waals surface area contributed by atoms with Crippen molar-refractivity contribution in [3.63, 3.8) is 0 Å². The van der Waals surface area contributed by atoms with Crippen molar-refractivity contribution in [2.45, 2.75) is 13.8 Å². The van der Waals surface area contributed by atoms with Gasteiger partial charge in [-0.25, -0.2) is 0 Å². The molecule has 0 saturated carbocycles. The third-order valence-corrected chi connectivity index (χ3v) is 3.31. The van der Waals surface area contributed by atoms with E-state index in [0.29, 0.717) is 18.1 Å². The number of amides is 1. The quantitative estimate of drug-likeness (QED) is 0.848. The number of anilines is 1. The number of rotatable bonds is 5. The normalized spacial score (nSPS) is 10.5. The fourth-order valence-corrected chi connectivity index (χ4v) is 2.00. The zero-order chi connectivity index (χ0) is 15.2. The van der Waals surface area contributed by atoms with Crippen molar-refractivity contribution >= 4 is 27.5 Å². The molecule has 21 heavy (non-hydrogen) atoms. The van der Waals surface area contributed by atoms with E-state index in [9.17, 15) is 4.79 Å². The summed E-state index contributed by atoms with van der Waals surface area (Å²) in [6, 6.07) is 14.7. The lowest BCUT2D eigenvalue weighted by atomic mass is 10.2. The Bertz CT molecular complexity index is 608. The Labute approximate surface area is 133 Å². The van der Waals surface area contributed by atoms with E-state index in [2.05, 4.69) is 35.1 Å². The molecule has 2 rings (SSSR count). The predicted molar refractivity (Wildman–Crippen MR) is 88.9 cm³/mol. The van der Waals surface area contributed by atoms with E-state index in [0.717, 1.165) is 15.9 Å². The summed E-state index contributed by atoms with van der Waals surface area (Å²) in [6.07, 6.45) is 0. The number of benzene rings is 2. The largest absolute Gasteiger partial charge is 0.493 e. The van der Waals surface area contributed by atoms with Gasteiger partial charge in [0.2, 0.25) is 0 Å². The fraction of sp³-hybridized carbons (Fsp3) is 0.235. The standard InChI is InChI=1S/C17H18BrNO2/c1-12(2)11-21-16-5-3-4-15(10-16)19-17(20)13-6-8-14(18)9-7-13/h3-10,12H,11H2,1-2H3,(H,19,20). The third-order valence-electron chi connectivity index (χ3n) is 2.78. The Kier molecular flexibility index (Phi) is 5.39.